The van der Waals surface area contributed by atoms with Crippen LogP contribution in [-0.4, -0.2) is 20.5 Å². The lowest BCUT2D eigenvalue weighted by Gasteiger charge is -2.16. The molecule has 1 aliphatic rings. The van der Waals surface area contributed by atoms with Crippen LogP contribution < -0.4 is 10.9 Å². The molecule has 3 aromatic rings. The van der Waals surface area contributed by atoms with Gasteiger partial charge in [0, 0.05) is 18.1 Å². The van der Waals surface area contributed by atoms with E-state index in [0.29, 0.717) is 11.3 Å². The van der Waals surface area contributed by atoms with Crippen LogP contribution >= 0.6 is 11.3 Å². The van der Waals surface area contributed by atoms with Crippen molar-refractivity contribution in [2.45, 2.75) is 38.6 Å². The van der Waals surface area contributed by atoms with Gasteiger partial charge in [0.25, 0.3) is 5.56 Å². The van der Waals surface area contributed by atoms with Gasteiger partial charge in [0.1, 0.15) is 0 Å². The largest absolute Gasteiger partial charge is 0.348 e. The number of thiophene rings is 1. The number of hydrogen-bond donors (Lipinski definition) is 2. The molecule has 7 heteroatoms. The number of carbonyl (C=O) groups is 1. The molecule has 1 unspecified atom stereocenters. The molecule has 6 nitrogen and oxygen atoms in total. The zero-order valence-corrected chi connectivity index (χ0v) is 14.8. The van der Waals surface area contributed by atoms with Gasteiger partial charge in [-0.1, -0.05) is 18.9 Å². The predicted molar refractivity (Wildman–Crippen MR) is 97.6 cm³/mol. The first kappa shape index (κ1) is 16.1. The molecule has 1 saturated carbocycles. The highest BCUT2D eigenvalue weighted by Gasteiger charge is 2.24. The van der Waals surface area contributed by atoms with E-state index >= 15 is 0 Å². The molecular weight excluding hydrogens is 336 g/mol. The Hall–Kier alpha value is -2.41. The molecule has 0 aliphatic heterocycles. The number of nitrogens with zero attached hydrogens (tertiary/aromatic N) is 2. The zero-order chi connectivity index (χ0) is 17.4. The molecular formula is C18H20N4O2S. The van der Waals surface area contributed by atoms with Crippen LogP contribution in [0.1, 0.15) is 44.3 Å². The lowest BCUT2D eigenvalue weighted by molar-refractivity contribution is -0.125. The van der Waals surface area contributed by atoms with Gasteiger partial charge in [0.2, 0.25) is 5.91 Å². The van der Waals surface area contributed by atoms with Crippen molar-refractivity contribution in [3.8, 4) is 10.6 Å². The smallest absolute Gasteiger partial charge is 0.272 e. The van der Waals surface area contributed by atoms with Gasteiger partial charge in [0.05, 0.1) is 22.3 Å². The number of carbonyl (C=O) groups excluding carboxylic acids is 1. The molecule has 3 heterocycles. The van der Waals surface area contributed by atoms with Crippen LogP contribution in [0.3, 0.4) is 0 Å². The standard InChI is InChI=1S/C18H20N4O2S/c1-11(19-18(24)12-5-2-3-6-12)13-10-17(23)22-16(20-13)9-14(21-22)15-7-4-8-25-15/h4,7-12,21H,2-3,5-6H2,1H3,(H,19,24). The van der Waals surface area contributed by atoms with E-state index in [1.807, 2.05) is 30.5 Å². The Morgan fingerprint density at radius 3 is 2.92 bits per heavy atom. The van der Waals surface area contributed by atoms with Gasteiger partial charge >= 0.3 is 0 Å². The molecule has 0 bridgehead atoms. The van der Waals surface area contributed by atoms with Crippen LogP contribution in [0.25, 0.3) is 16.2 Å². The van der Waals surface area contributed by atoms with E-state index in [1.54, 1.807) is 11.3 Å². The van der Waals surface area contributed by atoms with Crippen molar-refractivity contribution in [1.29, 1.82) is 0 Å². The highest BCUT2D eigenvalue weighted by atomic mass is 32.1. The van der Waals surface area contributed by atoms with E-state index in [-0.39, 0.29) is 23.4 Å². The summed E-state index contributed by atoms with van der Waals surface area (Å²) >= 11 is 1.60. The lowest BCUT2D eigenvalue weighted by atomic mass is 10.1. The van der Waals surface area contributed by atoms with Crippen molar-refractivity contribution in [3.63, 3.8) is 0 Å². The van der Waals surface area contributed by atoms with Crippen molar-refractivity contribution < 1.29 is 4.79 Å². The van der Waals surface area contributed by atoms with Gasteiger partial charge in [-0.2, -0.15) is 0 Å². The van der Waals surface area contributed by atoms with Crippen LogP contribution in [0, 0.1) is 5.92 Å². The van der Waals surface area contributed by atoms with Crippen molar-refractivity contribution in [1.82, 2.24) is 19.9 Å². The normalized spacial score (nSPS) is 16.4. The maximum absolute atomic E-state index is 12.4. The molecule has 1 fully saturated rings. The van der Waals surface area contributed by atoms with Crippen LogP contribution in [0.5, 0.6) is 0 Å². The number of aromatic amines is 1. The van der Waals surface area contributed by atoms with Crippen molar-refractivity contribution >= 4 is 22.9 Å². The number of hydrogen-bond acceptors (Lipinski definition) is 4. The Morgan fingerprint density at radius 2 is 2.20 bits per heavy atom. The van der Waals surface area contributed by atoms with Gasteiger partial charge in [0.15, 0.2) is 5.65 Å². The number of amides is 1. The highest BCUT2D eigenvalue weighted by Crippen LogP contribution is 2.26. The molecule has 2 N–H and O–H groups in total. The molecule has 1 atom stereocenters. The van der Waals surface area contributed by atoms with Gasteiger partial charge in [-0.3, -0.25) is 14.7 Å². The van der Waals surface area contributed by atoms with Gasteiger partial charge in [-0.25, -0.2) is 9.50 Å². The second-order valence-corrected chi connectivity index (χ2v) is 7.52. The average Bonchev–Trinajstić information content (AvgIpc) is 3.33. The predicted octanol–water partition coefficient (Wildman–Crippen LogP) is 3.12. The molecule has 1 amide bonds. The molecule has 1 aliphatic carbocycles. The molecule has 0 aromatic carbocycles. The number of nitrogens with one attached hydrogen (secondary N) is 2. The van der Waals surface area contributed by atoms with E-state index < -0.39 is 0 Å². The fourth-order valence-electron chi connectivity index (χ4n) is 3.38. The monoisotopic (exact) mass is 356 g/mol. The van der Waals surface area contributed by atoms with Crippen LogP contribution in [0.2, 0.25) is 0 Å². The first-order valence-electron chi connectivity index (χ1n) is 8.59. The Bertz CT molecular complexity index is 951. The summed E-state index contributed by atoms with van der Waals surface area (Å²) < 4.78 is 1.43. The Balaban J connectivity index is 1.61. The lowest BCUT2D eigenvalue weighted by Crippen LogP contribution is -2.32. The third-order valence-corrected chi connectivity index (χ3v) is 5.69. The number of rotatable bonds is 4. The van der Waals surface area contributed by atoms with E-state index in [2.05, 4.69) is 15.4 Å². The molecule has 0 saturated heterocycles. The molecule has 3 aromatic heterocycles. The SMILES string of the molecule is CC(NC(=O)C1CCCC1)c1cc(=O)n2[nH]c(-c3cccs3)cc2n1. The average molecular weight is 356 g/mol. The summed E-state index contributed by atoms with van der Waals surface area (Å²) in [5, 5.41) is 8.08. The van der Waals surface area contributed by atoms with Crippen LogP contribution in [-0.2, 0) is 4.79 Å². The topological polar surface area (TPSA) is 79.3 Å². The third kappa shape index (κ3) is 3.11. The highest BCUT2D eigenvalue weighted by molar-refractivity contribution is 7.13. The molecule has 0 radical (unpaired) electrons. The summed E-state index contributed by atoms with van der Waals surface area (Å²) in [5.74, 6) is 0.172. The van der Waals surface area contributed by atoms with Gasteiger partial charge in [-0.15, -0.1) is 11.3 Å². The first-order chi connectivity index (χ1) is 12.1. The first-order valence-corrected chi connectivity index (χ1v) is 9.47. The van der Waals surface area contributed by atoms with E-state index in [9.17, 15) is 9.59 Å². The Kier molecular flexibility index (Phi) is 4.17. The summed E-state index contributed by atoms with van der Waals surface area (Å²) in [6, 6.07) is 7.02. The number of H-pyrrole nitrogens is 1. The molecule has 25 heavy (non-hydrogen) atoms. The molecule has 4 rings (SSSR count). The number of fused-ring (bicyclic) bond motifs is 1. The maximum Gasteiger partial charge on any atom is 0.272 e. The van der Waals surface area contributed by atoms with Crippen molar-refractivity contribution in [2.75, 3.05) is 0 Å². The second kappa shape index (κ2) is 6.48. The summed E-state index contributed by atoms with van der Waals surface area (Å²) in [6.45, 7) is 1.87. The van der Waals surface area contributed by atoms with Gasteiger partial charge < -0.3 is 5.32 Å². The Labute approximate surface area is 148 Å². The quantitative estimate of drug-likeness (QED) is 0.754. The summed E-state index contributed by atoms with van der Waals surface area (Å²) in [7, 11) is 0. The zero-order valence-electron chi connectivity index (χ0n) is 14.0. The molecule has 130 valence electrons. The third-order valence-electron chi connectivity index (χ3n) is 4.79. The minimum Gasteiger partial charge on any atom is -0.348 e. The molecule has 0 spiro atoms. The van der Waals surface area contributed by atoms with Crippen molar-refractivity contribution in [2.24, 2.45) is 5.92 Å². The Morgan fingerprint density at radius 1 is 1.40 bits per heavy atom. The van der Waals surface area contributed by atoms with E-state index in [0.717, 1.165) is 36.3 Å². The van der Waals surface area contributed by atoms with Crippen molar-refractivity contribution in [3.05, 3.63) is 45.7 Å². The summed E-state index contributed by atoms with van der Waals surface area (Å²) in [6.07, 6.45) is 4.14. The van der Waals surface area contributed by atoms with E-state index in [4.69, 9.17) is 0 Å². The number of aromatic nitrogens is 3. The summed E-state index contributed by atoms with van der Waals surface area (Å²) in [4.78, 5) is 30.3. The fraction of sp³-hybridized carbons (Fsp3) is 0.389. The minimum atomic E-state index is -0.286. The maximum atomic E-state index is 12.4. The van der Waals surface area contributed by atoms with Gasteiger partial charge in [-0.05, 0) is 31.2 Å². The van der Waals surface area contributed by atoms with E-state index in [1.165, 1.54) is 10.6 Å². The van der Waals surface area contributed by atoms with Crippen LogP contribution in [0.4, 0.5) is 0 Å². The summed E-state index contributed by atoms with van der Waals surface area (Å²) in [5.41, 5.74) is 1.84. The van der Waals surface area contributed by atoms with Crippen LogP contribution in [0.15, 0.2) is 34.4 Å². The second-order valence-electron chi connectivity index (χ2n) is 6.57. The fourth-order valence-corrected chi connectivity index (χ4v) is 4.07. The minimum absolute atomic E-state index is 0.0698.